The van der Waals surface area contributed by atoms with Gasteiger partial charge in [0.25, 0.3) is 0 Å². The van der Waals surface area contributed by atoms with Crippen LogP contribution in [0.4, 0.5) is 0 Å². The lowest BCUT2D eigenvalue weighted by Gasteiger charge is -2.32. The van der Waals surface area contributed by atoms with E-state index in [0.29, 0.717) is 5.41 Å². The molecule has 1 unspecified atom stereocenters. The summed E-state index contributed by atoms with van der Waals surface area (Å²) < 4.78 is 1.97. The van der Waals surface area contributed by atoms with Crippen LogP contribution in [0.3, 0.4) is 0 Å². The van der Waals surface area contributed by atoms with E-state index in [1.807, 2.05) is 11.7 Å². The summed E-state index contributed by atoms with van der Waals surface area (Å²) in [5, 5.41) is 6.10. The Labute approximate surface area is 125 Å². The number of fused-ring (bicyclic) bond motifs is 1. The van der Waals surface area contributed by atoms with E-state index in [9.17, 15) is 0 Å². The monoisotopic (exact) mass is 288 g/mol. The lowest BCUT2D eigenvalue weighted by atomic mass is 9.76. The van der Waals surface area contributed by atoms with Gasteiger partial charge < -0.3 is 0 Å². The summed E-state index contributed by atoms with van der Waals surface area (Å²) >= 11 is 6.38. The van der Waals surface area contributed by atoms with Gasteiger partial charge in [0.15, 0.2) is 0 Å². The number of aromatic nitrogens is 2. The minimum atomic E-state index is 0.156. The summed E-state index contributed by atoms with van der Waals surface area (Å²) in [6.45, 7) is 4.60. The van der Waals surface area contributed by atoms with E-state index in [4.69, 9.17) is 11.6 Å². The zero-order valence-corrected chi connectivity index (χ0v) is 13.1. The van der Waals surface area contributed by atoms with Gasteiger partial charge in [0, 0.05) is 18.9 Å². The van der Waals surface area contributed by atoms with Gasteiger partial charge in [-0.1, -0.05) is 43.7 Å². The molecule has 0 fully saturated rings. The molecule has 1 heterocycles. The average Bonchev–Trinajstić information content (AvgIpc) is 2.64. The second-order valence-corrected chi connectivity index (χ2v) is 7.21. The highest BCUT2D eigenvalue weighted by Gasteiger charge is 2.28. The van der Waals surface area contributed by atoms with Crippen molar-refractivity contribution in [2.24, 2.45) is 12.5 Å². The molecule has 1 atom stereocenters. The number of rotatable bonds is 2. The minimum absolute atomic E-state index is 0.156. The van der Waals surface area contributed by atoms with E-state index >= 15 is 0 Å². The zero-order valence-electron chi connectivity index (χ0n) is 12.4. The number of para-hydroxylation sites is 1. The Hall–Kier alpha value is -1.28. The molecule has 3 heteroatoms. The van der Waals surface area contributed by atoms with Crippen molar-refractivity contribution < 1.29 is 0 Å². The van der Waals surface area contributed by atoms with Crippen LogP contribution in [0, 0.1) is 5.41 Å². The third kappa shape index (κ3) is 2.62. The van der Waals surface area contributed by atoms with Crippen molar-refractivity contribution in [2.75, 3.05) is 0 Å². The number of allylic oxidation sites excluding steroid dienone is 2. The van der Waals surface area contributed by atoms with Crippen LogP contribution < -0.4 is 0 Å². The summed E-state index contributed by atoms with van der Waals surface area (Å²) in [7, 11) is 2.01. The first-order valence-corrected chi connectivity index (χ1v) is 7.62. The lowest BCUT2D eigenvalue weighted by Crippen LogP contribution is -2.23. The van der Waals surface area contributed by atoms with E-state index < -0.39 is 0 Å². The molecular formula is C17H21ClN2. The second kappa shape index (κ2) is 4.92. The predicted molar refractivity (Wildman–Crippen MR) is 85.2 cm³/mol. The van der Waals surface area contributed by atoms with Crippen molar-refractivity contribution in [3.63, 3.8) is 0 Å². The SMILES string of the molecule is Cn1nc(CC2=CC(Cl)CC(C)(C)C2)c2ccccc21. The van der Waals surface area contributed by atoms with Crippen molar-refractivity contribution in [2.45, 2.75) is 38.5 Å². The molecule has 0 aliphatic heterocycles. The topological polar surface area (TPSA) is 17.8 Å². The maximum absolute atomic E-state index is 6.38. The van der Waals surface area contributed by atoms with Crippen molar-refractivity contribution in [1.82, 2.24) is 9.78 Å². The number of halogens is 1. The van der Waals surface area contributed by atoms with Crippen molar-refractivity contribution in [3.05, 3.63) is 41.6 Å². The fourth-order valence-electron chi connectivity index (χ4n) is 3.34. The molecule has 106 valence electrons. The Kier molecular flexibility index (Phi) is 3.37. The highest BCUT2D eigenvalue weighted by atomic mass is 35.5. The fourth-order valence-corrected chi connectivity index (χ4v) is 3.94. The molecule has 0 N–H and O–H groups in total. The third-order valence-electron chi connectivity index (χ3n) is 4.10. The summed E-state index contributed by atoms with van der Waals surface area (Å²) in [5.74, 6) is 0. The molecule has 1 aliphatic rings. The maximum Gasteiger partial charge on any atom is 0.0743 e. The van der Waals surface area contributed by atoms with Gasteiger partial charge in [-0.3, -0.25) is 4.68 Å². The van der Waals surface area contributed by atoms with Gasteiger partial charge in [0.05, 0.1) is 16.6 Å². The van der Waals surface area contributed by atoms with Crippen molar-refractivity contribution in [1.29, 1.82) is 0 Å². The molecule has 0 spiro atoms. The number of aryl methyl sites for hydroxylation is 1. The molecule has 0 saturated heterocycles. The van der Waals surface area contributed by atoms with Crippen molar-refractivity contribution in [3.8, 4) is 0 Å². The number of hydrogen-bond donors (Lipinski definition) is 0. The van der Waals surface area contributed by atoms with E-state index in [1.165, 1.54) is 16.5 Å². The summed E-state index contributed by atoms with van der Waals surface area (Å²) in [6, 6.07) is 8.42. The maximum atomic E-state index is 6.38. The first kappa shape index (κ1) is 13.7. The van der Waals surface area contributed by atoms with Gasteiger partial charge in [0.1, 0.15) is 0 Å². The average molecular weight is 289 g/mol. The molecule has 0 bridgehead atoms. The summed E-state index contributed by atoms with van der Waals surface area (Å²) in [6.07, 6.45) is 5.31. The first-order valence-electron chi connectivity index (χ1n) is 7.19. The van der Waals surface area contributed by atoms with Gasteiger partial charge in [-0.05, 0) is 24.3 Å². The van der Waals surface area contributed by atoms with Gasteiger partial charge in [-0.15, -0.1) is 11.6 Å². The van der Waals surface area contributed by atoms with Crippen LogP contribution in [0.5, 0.6) is 0 Å². The van der Waals surface area contributed by atoms with Crippen LogP contribution in [0.1, 0.15) is 32.4 Å². The Balaban J connectivity index is 1.94. The Morgan fingerprint density at radius 3 is 2.85 bits per heavy atom. The molecule has 20 heavy (non-hydrogen) atoms. The molecule has 2 aromatic rings. The Bertz CT molecular complexity index is 667. The van der Waals surface area contributed by atoms with Crippen LogP contribution in [0.2, 0.25) is 0 Å². The van der Waals surface area contributed by atoms with E-state index in [1.54, 1.807) is 0 Å². The smallest absolute Gasteiger partial charge is 0.0743 e. The van der Waals surface area contributed by atoms with Crippen LogP contribution >= 0.6 is 11.6 Å². The first-order chi connectivity index (χ1) is 9.44. The van der Waals surface area contributed by atoms with E-state index in [2.05, 4.69) is 49.3 Å². The molecule has 2 nitrogen and oxygen atoms in total. The number of nitrogens with zero attached hydrogens (tertiary/aromatic N) is 2. The van der Waals surface area contributed by atoms with Crippen LogP contribution in [0.25, 0.3) is 10.9 Å². The van der Waals surface area contributed by atoms with Gasteiger partial charge >= 0.3 is 0 Å². The molecule has 0 saturated carbocycles. The Morgan fingerprint density at radius 2 is 2.10 bits per heavy atom. The highest BCUT2D eigenvalue weighted by Crippen LogP contribution is 2.38. The second-order valence-electron chi connectivity index (χ2n) is 6.65. The number of benzene rings is 1. The highest BCUT2D eigenvalue weighted by molar-refractivity contribution is 6.21. The molecule has 3 rings (SSSR count). The molecule has 0 radical (unpaired) electrons. The normalized spacial score (nSPS) is 22.0. The van der Waals surface area contributed by atoms with Gasteiger partial charge in [-0.25, -0.2) is 0 Å². The predicted octanol–water partition coefficient (Wildman–Crippen LogP) is 4.47. The number of hydrogen-bond acceptors (Lipinski definition) is 1. The molecule has 1 aliphatic carbocycles. The van der Waals surface area contributed by atoms with Crippen LogP contribution in [0.15, 0.2) is 35.9 Å². The minimum Gasteiger partial charge on any atom is -0.268 e. The van der Waals surface area contributed by atoms with Gasteiger partial charge in [0.2, 0.25) is 0 Å². The van der Waals surface area contributed by atoms with Crippen molar-refractivity contribution >= 4 is 22.5 Å². The number of alkyl halides is 1. The van der Waals surface area contributed by atoms with E-state index in [-0.39, 0.29) is 5.38 Å². The summed E-state index contributed by atoms with van der Waals surface area (Å²) in [5.41, 5.74) is 4.07. The molecule has 0 amide bonds. The van der Waals surface area contributed by atoms with Crippen LogP contribution in [-0.2, 0) is 13.5 Å². The third-order valence-corrected chi connectivity index (χ3v) is 4.38. The molecular weight excluding hydrogens is 268 g/mol. The van der Waals surface area contributed by atoms with Gasteiger partial charge in [-0.2, -0.15) is 5.10 Å². The van der Waals surface area contributed by atoms with Crippen LogP contribution in [-0.4, -0.2) is 15.2 Å². The molecule has 1 aromatic carbocycles. The lowest BCUT2D eigenvalue weighted by molar-refractivity contribution is 0.320. The fraction of sp³-hybridized carbons (Fsp3) is 0.471. The zero-order chi connectivity index (χ0) is 14.3. The van der Waals surface area contributed by atoms with E-state index in [0.717, 1.165) is 25.0 Å². The Morgan fingerprint density at radius 1 is 1.35 bits per heavy atom. The summed E-state index contributed by atoms with van der Waals surface area (Å²) in [4.78, 5) is 0. The quantitative estimate of drug-likeness (QED) is 0.589. The largest absolute Gasteiger partial charge is 0.268 e. The molecule has 1 aromatic heterocycles. The standard InChI is InChI=1S/C17H21ClN2/c1-17(2)10-12(8-13(18)11-17)9-15-14-6-4-5-7-16(14)20(3)19-15/h4-8,13H,9-11H2,1-3H3.